The molecule has 2 amide bonds. The number of benzene rings is 2. The van der Waals surface area contributed by atoms with Crippen molar-refractivity contribution in [3.63, 3.8) is 0 Å². The zero-order valence-corrected chi connectivity index (χ0v) is 14.3. The number of ether oxygens (including phenoxy) is 1. The van der Waals surface area contributed by atoms with E-state index in [2.05, 4.69) is 16.6 Å². The molecule has 7 nitrogen and oxygen atoms in total. The number of nitrogens with zero attached hydrogens (tertiary/aromatic N) is 1. The second kappa shape index (κ2) is 9.08. The lowest BCUT2D eigenvalue weighted by atomic mass is 10.1. The lowest BCUT2D eigenvalue weighted by molar-refractivity contribution is -0.384. The number of non-ortho nitro benzene ring substituents is 1. The van der Waals surface area contributed by atoms with Crippen molar-refractivity contribution in [2.45, 2.75) is 13.3 Å². The number of amides is 2. The molecule has 0 aromatic heterocycles. The first-order valence-electron chi connectivity index (χ1n) is 7.94. The number of terminal acetylenes is 1. The van der Waals surface area contributed by atoms with Crippen LogP contribution in [0.4, 0.5) is 16.2 Å². The fraction of sp³-hybridized carbons (Fsp3) is 0.211. The van der Waals surface area contributed by atoms with Crippen molar-refractivity contribution in [3.8, 4) is 18.1 Å². The molecule has 7 heteroatoms. The third kappa shape index (κ3) is 5.53. The van der Waals surface area contributed by atoms with Gasteiger partial charge in [0.1, 0.15) is 12.4 Å². The quantitative estimate of drug-likeness (QED) is 0.454. The summed E-state index contributed by atoms with van der Waals surface area (Å²) in [5, 5.41) is 16.2. The monoisotopic (exact) mass is 353 g/mol. The molecule has 0 aliphatic carbocycles. The summed E-state index contributed by atoms with van der Waals surface area (Å²) in [4.78, 5) is 22.3. The Kier molecular flexibility index (Phi) is 6.57. The number of nitrogens with one attached hydrogen (secondary N) is 2. The highest BCUT2D eigenvalue weighted by atomic mass is 16.6. The van der Waals surface area contributed by atoms with Gasteiger partial charge in [0.25, 0.3) is 5.69 Å². The minimum absolute atomic E-state index is 0.0713. The second-order valence-electron chi connectivity index (χ2n) is 5.52. The molecule has 0 radical (unpaired) electrons. The van der Waals surface area contributed by atoms with Crippen LogP contribution in [-0.4, -0.2) is 24.1 Å². The number of urea groups is 1. The molecular formula is C19H19N3O4. The highest BCUT2D eigenvalue weighted by Crippen LogP contribution is 2.21. The maximum atomic E-state index is 12.0. The molecule has 2 rings (SSSR count). The van der Waals surface area contributed by atoms with Gasteiger partial charge < -0.3 is 15.4 Å². The molecular weight excluding hydrogens is 334 g/mol. The zero-order chi connectivity index (χ0) is 18.9. The third-order valence-electron chi connectivity index (χ3n) is 3.62. The molecule has 0 atom stereocenters. The number of aryl methyl sites for hydroxylation is 1. The van der Waals surface area contributed by atoms with E-state index in [1.807, 2.05) is 24.3 Å². The van der Waals surface area contributed by atoms with Crippen molar-refractivity contribution in [2.75, 3.05) is 18.5 Å². The van der Waals surface area contributed by atoms with Crippen molar-refractivity contribution in [3.05, 3.63) is 63.7 Å². The van der Waals surface area contributed by atoms with Crippen LogP contribution in [0.3, 0.4) is 0 Å². The normalized spacial score (nSPS) is 9.85. The Balaban J connectivity index is 1.83. The third-order valence-corrected chi connectivity index (χ3v) is 3.62. The SMILES string of the molecule is C#CCOc1ccc(CCNC(=O)Nc2cc([N+](=O)[O-])ccc2C)cc1. The summed E-state index contributed by atoms with van der Waals surface area (Å²) >= 11 is 0. The number of hydrogen-bond acceptors (Lipinski definition) is 4. The number of rotatable bonds is 7. The molecule has 0 heterocycles. The molecule has 0 aliphatic rings. The first kappa shape index (κ1) is 18.8. The summed E-state index contributed by atoms with van der Waals surface area (Å²) in [7, 11) is 0. The highest BCUT2D eigenvalue weighted by Gasteiger charge is 2.10. The van der Waals surface area contributed by atoms with Crippen LogP contribution in [0, 0.1) is 29.4 Å². The van der Waals surface area contributed by atoms with Crippen molar-refractivity contribution < 1.29 is 14.5 Å². The standard InChI is InChI=1S/C19H19N3O4/c1-3-12-26-17-8-5-15(6-9-17)10-11-20-19(23)21-18-13-16(22(24)25)7-4-14(18)2/h1,4-9,13H,10-12H2,2H3,(H2,20,21,23). The van der Waals surface area contributed by atoms with Crippen LogP contribution in [0.5, 0.6) is 5.75 Å². The topological polar surface area (TPSA) is 93.5 Å². The Morgan fingerprint density at radius 1 is 1.27 bits per heavy atom. The van der Waals surface area contributed by atoms with Crippen molar-refractivity contribution in [1.82, 2.24) is 5.32 Å². The molecule has 0 bridgehead atoms. The smallest absolute Gasteiger partial charge is 0.319 e. The molecule has 0 aliphatic heterocycles. The van der Waals surface area contributed by atoms with Crippen LogP contribution < -0.4 is 15.4 Å². The van der Waals surface area contributed by atoms with E-state index < -0.39 is 11.0 Å². The largest absolute Gasteiger partial charge is 0.481 e. The van der Waals surface area contributed by atoms with E-state index in [9.17, 15) is 14.9 Å². The van der Waals surface area contributed by atoms with Crippen molar-refractivity contribution >= 4 is 17.4 Å². The van der Waals surface area contributed by atoms with E-state index in [0.29, 0.717) is 24.4 Å². The van der Waals surface area contributed by atoms with Crippen molar-refractivity contribution in [2.24, 2.45) is 0 Å². The van der Waals surface area contributed by atoms with Gasteiger partial charge in [-0.2, -0.15) is 0 Å². The summed E-state index contributed by atoms with van der Waals surface area (Å²) in [5.41, 5.74) is 2.11. The van der Waals surface area contributed by atoms with Gasteiger partial charge in [0.15, 0.2) is 0 Å². The van der Waals surface area contributed by atoms with Crippen LogP contribution in [0.15, 0.2) is 42.5 Å². The summed E-state index contributed by atoms with van der Waals surface area (Å²) in [5.74, 6) is 3.09. The predicted molar refractivity (Wildman–Crippen MR) is 99.3 cm³/mol. The Bertz CT molecular complexity index is 826. The Hall–Kier alpha value is -3.53. The Labute approximate surface area is 151 Å². The van der Waals surface area contributed by atoms with E-state index in [0.717, 1.165) is 11.1 Å². The zero-order valence-electron chi connectivity index (χ0n) is 14.3. The van der Waals surface area contributed by atoms with E-state index in [1.165, 1.54) is 12.1 Å². The van der Waals surface area contributed by atoms with E-state index in [1.54, 1.807) is 13.0 Å². The molecule has 0 saturated carbocycles. The maximum Gasteiger partial charge on any atom is 0.319 e. The van der Waals surface area contributed by atoms with E-state index >= 15 is 0 Å². The van der Waals surface area contributed by atoms with Gasteiger partial charge >= 0.3 is 6.03 Å². The van der Waals surface area contributed by atoms with Crippen LogP contribution >= 0.6 is 0 Å². The van der Waals surface area contributed by atoms with Crippen LogP contribution in [-0.2, 0) is 6.42 Å². The molecule has 26 heavy (non-hydrogen) atoms. The molecule has 0 spiro atoms. The number of nitro benzene ring substituents is 1. The minimum Gasteiger partial charge on any atom is -0.481 e. The molecule has 2 N–H and O–H groups in total. The van der Waals surface area contributed by atoms with Gasteiger partial charge in [0.05, 0.1) is 10.6 Å². The van der Waals surface area contributed by atoms with Crippen LogP contribution in [0.25, 0.3) is 0 Å². The summed E-state index contributed by atoms with van der Waals surface area (Å²) in [6, 6.07) is 11.4. The first-order valence-corrected chi connectivity index (χ1v) is 7.94. The van der Waals surface area contributed by atoms with Gasteiger partial charge in [0, 0.05) is 18.7 Å². The number of nitro groups is 1. The predicted octanol–water partition coefficient (Wildman–Crippen LogP) is 3.28. The average molecular weight is 353 g/mol. The molecule has 2 aromatic rings. The summed E-state index contributed by atoms with van der Waals surface area (Å²) in [6.07, 6.45) is 5.77. The van der Waals surface area contributed by atoms with E-state index in [4.69, 9.17) is 11.2 Å². The highest BCUT2D eigenvalue weighted by molar-refractivity contribution is 5.90. The fourth-order valence-electron chi connectivity index (χ4n) is 2.22. The number of anilines is 1. The fourth-order valence-corrected chi connectivity index (χ4v) is 2.22. The molecule has 0 unspecified atom stereocenters. The van der Waals surface area contributed by atoms with Crippen LogP contribution in [0.1, 0.15) is 11.1 Å². The van der Waals surface area contributed by atoms with Gasteiger partial charge in [-0.25, -0.2) is 4.79 Å². The molecule has 0 saturated heterocycles. The molecule has 134 valence electrons. The number of carbonyl (C=O) groups excluding carboxylic acids is 1. The van der Waals surface area contributed by atoms with Gasteiger partial charge in [-0.15, -0.1) is 6.42 Å². The lowest BCUT2D eigenvalue weighted by Crippen LogP contribution is -2.30. The van der Waals surface area contributed by atoms with Gasteiger partial charge in [-0.05, 0) is 36.6 Å². The van der Waals surface area contributed by atoms with Gasteiger partial charge in [0.2, 0.25) is 0 Å². The molecule has 2 aromatic carbocycles. The van der Waals surface area contributed by atoms with E-state index in [-0.39, 0.29) is 12.3 Å². The average Bonchev–Trinajstić information content (AvgIpc) is 2.62. The lowest BCUT2D eigenvalue weighted by Gasteiger charge is -2.10. The molecule has 0 fully saturated rings. The van der Waals surface area contributed by atoms with Crippen molar-refractivity contribution in [1.29, 1.82) is 0 Å². The summed E-state index contributed by atoms with van der Waals surface area (Å²) < 4.78 is 5.29. The number of carbonyl (C=O) groups is 1. The number of hydrogen-bond donors (Lipinski definition) is 2. The Morgan fingerprint density at radius 2 is 2.00 bits per heavy atom. The van der Waals surface area contributed by atoms with Gasteiger partial charge in [-0.3, -0.25) is 10.1 Å². The minimum atomic E-state index is -0.500. The Morgan fingerprint density at radius 3 is 2.65 bits per heavy atom. The van der Waals surface area contributed by atoms with Gasteiger partial charge in [-0.1, -0.05) is 24.1 Å². The first-order chi connectivity index (χ1) is 12.5. The maximum absolute atomic E-state index is 12.0. The second-order valence-corrected chi connectivity index (χ2v) is 5.52. The summed E-state index contributed by atoms with van der Waals surface area (Å²) in [6.45, 7) is 2.41. The van der Waals surface area contributed by atoms with Crippen LogP contribution in [0.2, 0.25) is 0 Å².